The lowest BCUT2D eigenvalue weighted by atomic mass is 10.1. The molecule has 0 aliphatic rings. The van der Waals surface area contributed by atoms with Crippen molar-refractivity contribution in [3.63, 3.8) is 0 Å². The summed E-state index contributed by atoms with van der Waals surface area (Å²) < 4.78 is 40.1. The summed E-state index contributed by atoms with van der Waals surface area (Å²) in [6.07, 6.45) is 0. The maximum Gasteiger partial charge on any atom is 0.257 e. The molecule has 7 heteroatoms. The van der Waals surface area contributed by atoms with Crippen LogP contribution in [0.3, 0.4) is 0 Å². The third-order valence-corrected chi connectivity index (χ3v) is 3.05. The summed E-state index contributed by atoms with van der Waals surface area (Å²) in [6.45, 7) is 0. The molecule has 1 amide bonds. The SMILES string of the molecule is CNc1c(F)cccc1C(=O)Nc1c(F)cc(F)cc1Cl. The number of hydrogen-bond acceptors (Lipinski definition) is 2. The zero-order valence-corrected chi connectivity index (χ0v) is 11.6. The summed E-state index contributed by atoms with van der Waals surface area (Å²) in [5, 5.41) is 4.46. The molecular weight excluding hydrogens is 305 g/mol. The maximum atomic E-state index is 13.6. The molecule has 0 unspecified atom stereocenters. The molecule has 0 radical (unpaired) electrons. The number of para-hydroxylation sites is 1. The van der Waals surface area contributed by atoms with Crippen molar-refractivity contribution in [1.82, 2.24) is 0 Å². The second-order valence-corrected chi connectivity index (χ2v) is 4.52. The fourth-order valence-corrected chi connectivity index (χ4v) is 2.05. The van der Waals surface area contributed by atoms with Gasteiger partial charge in [-0.05, 0) is 18.2 Å². The van der Waals surface area contributed by atoms with Crippen molar-refractivity contribution in [2.24, 2.45) is 0 Å². The highest BCUT2D eigenvalue weighted by Gasteiger charge is 2.18. The van der Waals surface area contributed by atoms with Crippen molar-refractivity contribution in [1.29, 1.82) is 0 Å². The Balaban J connectivity index is 2.38. The minimum atomic E-state index is -1.02. The van der Waals surface area contributed by atoms with E-state index in [1.165, 1.54) is 25.2 Å². The molecule has 0 saturated carbocycles. The van der Waals surface area contributed by atoms with E-state index in [0.717, 1.165) is 6.07 Å². The molecule has 0 saturated heterocycles. The van der Waals surface area contributed by atoms with E-state index in [0.29, 0.717) is 6.07 Å². The summed E-state index contributed by atoms with van der Waals surface area (Å²) in [4.78, 5) is 12.1. The zero-order chi connectivity index (χ0) is 15.6. The molecule has 0 bridgehead atoms. The molecular formula is C14H10ClF3N2O. The van der Waals surface area contributed by atoms with Gasteiger partial charge in [0.05, 0.1) is 22.0 Å². The van der Waals surface area contributed by atoms with E-state index in [9.17, 15) is 18.0 Å². The number of benzene rings is 2. The Morgan fingerprint density at radius 3 is 2.43 bits per heavy atom. The van der Waals surface area contributed by atoms with Gasteiger partial charge in [0.2, 0.25) is 0 Å². The van der Waals surface area contributed by atoms with Gasteiger partial charge in [-0.25, -0.2) is 13.2 Å². The molecule has 2 N–H and O–H groups in total. The molecule has 21 heavy (non-hydrogen) atoms. The number of halogens is 4. The monoisotopic (exact) mass is 314 g/mol. The summed E-state index contributed by atoms with van der Waals surface area (Å²) in [5.74, 6) is -3.28. The van der Waals surface area contributed by atoms with Gasteiger partial charge in [0, 0.05) is 13.1 Å². The topological polar surface area (TPSA) is 41.1 Å². The highest BCUT2D eigenvalue weighted by atomic mass is 35.5. The van der Waals surface area contributed by atoms with Crippen LogP contribution in [0.4, 0.5) is 24.5 Å². The predicted octanol–water partition coefficient (Wildman–Crippen LogP) is 4.05. The summed E-state index contributed by atoms with van der Waals surface area (Å²) in [5.41, 5.74) is -0.430. The predicted molar refractivity (Wildman–Crippen MR) is 75.3 cm³/mol. The Hall–Kier alpha value is -2.21. The molecule has 3 nitrogen and oxygen atoms in total. The first-order valence-electron chi connectivity index (χ1n) is 5.86. The fraction of sp³-hybridized carbons (Fsp3) is 0.0714. The molecule has 110 valence electrons. The summed E-state index contributed by atoms with van der Waals surface area (Å²) in [7, 11) is 1.45. The second-order valence-electron chi connectivity index (χ2n) is 4.11. The van der Waals surface area contributed by atoms with Crippen molar-refractivity contribution >= 4 is 28.9 Å². The molecule has 0 aromatic heterocycles. The van der Waals surface area contributed by atoms with Gasteiger partial charge in [-0.1, -0.05) is 17.7 Å². The van der Waals surface area contributed by atoms with Crippen molar-refractivity contribution in [2.75, 3.05) is 17.7 Å². The van der Waals surface area contributed by atoms with E-state index < -0.39 is 23.4 Å². The number of anilines is 2. The van der Waals surface area contributed by atoms with E-state index in [2.05, 4.69) is 10.6 Å². The van der Waals surface area contributed by atoms with Crippen molar-refractivity contribution < 1.29 is 18.0 Å². The van der Waals surface area contributed by atoms with Crippen LogP contribution < -0.4 is 10.6 Å². The molecule has 2 rings (SSSR count). The van der Waals surface area contributed by atoms with Crippen LogP contribution in [0.1, 0.15) is 10.4 Å². The lowest BCUT2D eigenvalue weighted by Gasteiger charge is -2.12. The largest absolute Gasteiger partial charge is 0.385 e. The first kappa shape index (κ1) is 15.2. The van der Waals surface area contributed by atoms with Crippen LogP contribution in [0.5, 0.6) is 0 Å². The third kappa shape index (κ3) is 3.11. The van der Waals surface area contributed by atoms with Gasteiger partial charge >= 0.3 is 0 Å². The Morgan fingerprint density at radius 2 is 1.81 bits per heavy atom. The minimum Gasteiger partial charge on any atom is -0.385 e. The summed E-state index contributed by atoms with van der Waals surface area (Å²) >= 11 is 5.69. The number of amides is 1. The highest BCUT2D eigenvalue weighted by Crippen LogP contribution is 2.28. The van der Waals surface area contributed by atoms with Crippen LogP contribution in [0.25, 0.3) is 0 Å². The minimum absolute atomic E-state index is 0.0303. The number of carbonyl (C=O) groups excluding carboxylic acids is 1. The molecule has 0 aliphatic heterocycles. The van der Waals surface area contributed by atoms with E-state index >= 15 is 0 Å². The normalized spacial score (nSPS) is 10.3. The Bertz CT molecular complexity index is 684. The quantitative estimate of drug-likeness (QED) is 0.897. The van der Waals surface area contributed by atoms with Crippen molar-refractivity contribution in [2.45, 2.75) is 0 Å². The lowest BCUT2D eigenvalue weighted by molar-refractivity contribution is 0.102. The first-order valence-corrected chi connectivity index (χ1v) is 6.24. The average molecular weight is 315 g/mol. The smallest absolute Gasteiger partial charge is 0.257 e. The number of hydrogen-bond donors (Lipinski definition) is 2. The van der Waals surface area contributed by atoms with Gasteiger partial charge in [-0.2, -0.15) is 0 Å². The molecule has 2 aromatic rings. The van der Waals surface area contributed by atoms with Crippen LogP contribution >= 0.6 is 11.6 Å². The van der Waals surface area contributed by atoms with Gasteiger partial charge in [0.1, 0.15) is 11.6 Å². The van der Waals surface area contributed by atoms with Crippen LogP contribution in [-0.2, 0) is 0 Å². The van der Waals surface area contributed by atoms with Crippen molar-refractivity contribution in [3.05, 3.63) is 58.4 Å². The van der Waals surface area contributed by atoms with Crippen LogP contribution in [0, 0.1) is 17.5 Å². The van der Waals surface area contributed by atoms with Gasteiger partial charge in [0.25, 0.3) is 5.91 Å². The summed E-state index contributed by atoms with van der Waals surface area (Å²) in [6, 6.07) is 5.33. The second kappa shape index (κ2) is 6.05. The molecule has 0 atom stereocenters. The number of nitrogens with one attached hydrogen (secondary N) is 2. The lowest BCUT2D eigenvalue weighted by Crippen LogP contribution is -2.16. The van der Waals surface area contributed by atoms with E-state index in [4.69, 9.17) is 11.6 Å². The first-order chi connectivity index (χ1) is 9.93. The van der Waals surface area contributed by atoms with E-state index in [1.54, 1.807) is 0 Å². The van der Waals surface area contributed by atoms with Crippen LogP contribution in [0.15, 0.2) is 30.3 Å². The van der Waals surface area contributed by atoms with E-state index in [-0.39, 0.29) is 22.0 Å². The Kier molecular flexibility index (Phi) is 4.37. The molecule has 0 heterocycles. The van der Waals surface area contributed by atoms with Gasteiger partial charge < -0.3 is 10.6 Å². The van der Waals surface area contributed by atoms with Gasteiger partial charge in [0.15, 0.2) is 5.82 Å². The van der Waals surface area contributed by atoms with Crippen molar-refractivity contribution in [3.8, 4) is 0 Å². The fourth-order valence-electron chi connectivity index (χ4n) is 1.81. The molecule has 0 fully saturated rings. The van der Waals surface area contributed by atoms with Crippen LogP contribution in [-0.4, -0.2) is 13.0 Å². The van der Waals surface area contributed by atoms with Gasteiger partial charge in [-0.15, -0.1) is 0 Å². The third-order valence-electron chi connectivity index (χ3n) is 2.75. The van der Waals surface area contributed by atoms with E-state index in [1.807, 2.05) is 0 Å². The number of carbonyl (C=O) groups is 1. The number of rotatable bonds is 3. The zero-order valence-electron chi connectivity index (χ0n) is 10.8. The average Bonchev–Trinajstić information content (AvgIpc) is 2.42. The molecule has 2 aromatic carbocycles. The molecule has 0 aliphatic carbocycles. The Labute approximate surface area is 123 Å². The Morgan fingerprint density at radius 1 is 1.10 bits per heavy atom. The van der Waals surface area contributed by atoms with Crippen LogP contribution in [0.2, 0.25) is 5.02 Å². The highest BCUT2D eigenvalue weighted by molar-refractivity contribution is 6.34. The standard InChI is InChI=1S/C14H10ClF3N2O/c1-19-12-8(3-2-4-10(12)17)14(21)20-13-9(15)5-7(16)6-11(13)18/h2-6,19H,1H3,(H,20,21). The molecule has 0 spiro atoms. The van der Waals surface area contributed by atoms with Gasteiger partial charge in [-0.3, -0.25) is 4.79 Å². The maximum absolute atomic E-state index is 13.6.